The first-order valence-electron chi connectivity index (χ1n) is 6.83. The van der Waals surface area contributed by atoms with Gasteiger partial charge in [-0.3, -0.25) is 4.79 Å². The average Bonchev–Trinajstić information content (AvgIpc) is 2.53. The highest BCUT2D eigenvalue weighted by Gasteiger charge is 2.31. The summed E-state index contributed by atoms with van der Waals surface area (Å²) < 4.78 is 48.8. The third-order valence-corrected chi connectivity index (χ3v) is 3.12. The standard InChI is InChI=1S/C17H15F3O3/c1-22-16(21)9-13-7-14(17(18,19)20)10-15(8-13)23-11-12-5-3-2-4-6-12/h2-8,10H,9,11H2,1H3. The van der Waals surface area contributed by atoms with Crippen LogP contribution in [0.25, 0.3) is 0 Å². The molecule has 0 fully saturated rings. The Morgan fingerprint density at radius 3 is 2.35 bits per heavy atom. The zero-order valence-corrected chi connectivity index (χ0v) is 12.4. The van der Waals surface area contributed by atoms with Crippen LogP contribution in [0, 0.1) is 0 Å². The van der Waals surface area contributed by atoms with Gasteiger partial charge in [0.15, 0.2) is 0 Å². The van der Waals surface area contributed by atoms with Gasteiger partial charge in [-0.2, -0.15) is 13.2 Å². The Morgan fingerprint density at radius 1 is 1.04 bits per heavy atom. The summed E-state index contributed by atoms with van der Waals surface area (Å²) in [6.45, 7) is 0.139. The minimum absolute atomic E-state index is 0.0579. The Kier molecular flexibility index (Phi) is 5.26. The molecule has 0 atom stereocenters. The first-order valence-corrected chi connectivity index (χ1v) is 6.83. The lowest BCUT2D eigenvalue weighted by Crippen LogP contribution is -2.09. The van der Waals surface area contributed by atoms with E-state index >= 15 is 0 Å². The van der Waals surface area contributed by atoms with Crippen LogP contribution in [0.3, 0.4) is 0 Å². The molecule has 0 unspecified atom stereocenters. The third-order valence-electron chi connectivity index (χ3n) is 3.12. The van der Waals surface area contributed by atoms with Gasteiger partial charge in [0.2, 0.25) is 0 Å². The van der Waals surface area contributed by atoms with Crippen molar-refractivity contribution in [1.82, 2.24) is 0 Å². The molecular weight excluding hydrogens is 309 g/mol. The van der Waals surface area contributed by atoms with Crippen molar-refractivity contribution in [3.05, 3.63) is 65.2 Å². The van der Waals surface area contributed by atoms with Gasteiger partial charge in [0, 0.05) is 0 Å². The first kappa shape index (κ1) is 16.9. The van der Waals surface area contributed by atoms with Crippen LogP contribution < -0.4 is 4.74 Å². The highest BCUT2D eigenvalue weighted by Crippen LogP contribution is 2.33. The Hall–Kier alpha value is -2.50. The number of carbonyl (C=O) groups is 1. The Labute approximate surface area is 131 Å². The molecule has 122 valence electrons. The van der Waals surface area contributed by atoms with Gasteiger partial charge in [0.05, 0.1) is 19.1 Å². The second-order valence-electron chi connectivity index (χ2n) is 4.89. The predicted molar refractivity (Wildman–Crippen MR) is 77.9 cm³/mol. The maximum atomic E-state index is 13.0. The number of esters is 1. The minimum Gasteiger partial charge on any atom is -0.489 e. The van der Waals surface area contributed by atoms with Gasteiger partial charge in [0.1, 0.15) is 12.4 Å². The van der Waals surface area contributed by atoms with E-state index in [1.165, 1.54) is 13.2 Å². The zero-order valence-electron chi connectivity index (χ0n) is 12.4. The lowest BCUT2D eigenvalue weighted by Gasteiger charge is -2.13. The number of ether oxygens (including phenoxy) is 2. The lowest BCUT2D eigenvalue weighted by molar-refractivity contribution is -0.140. The van der Waals surface area contributed by atoms with E-state index in [0.717, 1.165) is 17.7 Å². The van der Waals surface area contributed by atoms with Gasteiger partial charge in [-0.25, -0.2) is 0 Å². The number of halogens is 3. The molecule has 0 amide bonds. The van der Waals surface area contributed by atoms with Crippen molar-refractivity contribution in [2.45, 2.75) is 19.2 Å². The molecule has 0 saturated heterocycles. The van der Waals surface area contributed by atoms with E-state index in [1.54, 1.807) is 0 Å². The molecule has 0 aliphatic carbocycles. The number of carbonyl (C=O) groups excluding carboxylic acids is 1. The highest BCUT2D eigenvalue weighted by atomic mass is 19.4. The molecule has 0 spiro atoms. The van der Waals surface area contributed by atoms with Gasteiger partial charge in [0.25, 0.3) is 0 Å². The normalized spacial score (nSPS) is 11.1. The molecule has 0 aliphatic heterocycles. The van der Waals surface area contributed by atoms with Crippen molar-refractivity contribution < 1.29 is 27.4 Å². The molecule has 3 nitrogen and oxygen atoms in total. The lowest BCUT2D eigenvalue weighted by atomic mass is 10.1. The molecule has 0 bridgehead atoms. The largest absolute Gasteiger partial charge is 0.489 e. The Morgan fingerprint density at radius 2 is 1.74 bits per heavy atom. The second-order valence-corrected chi connectivity index (χ2v) is 4.89. The van der Waals surface area contributed by atoms with Gasteiger partial charge < -0.3 is 9.47 Å². The Balaban J connectivity index is 2.23. The summed E-state index contributed by atoms with van der Waals surface area (Å²) >= 11 is 0. The Bertz CT molecular complexity index is 667. The molecule has 6 heteroatoms. The molecule has 2 aromatic carbocycles. The molecule has 0 aromatic heterocycles. The van der Waals surface area contributed by atoms with Crippen LogP contribution in [0.4, 0.5) is 13.2 Å². The summed E-state index contributed by atoms with van der Waals surface area (Å²) in [5, 5.41) is 0. The van der Waals surface area contributed by atoms with Crippen molar-refractivity contribution in [1.29, 1.82) is 0 Å². The van der Waals surface area contributed by atoms with Crippen LogP contribution in [0.2, 0.25) is 0 Å². The van der Waals surface area contributed by atoms with E-state index in [1.807, 2.05) is 30.3 Å². The van der Waals surface area contributed by atoms with E-state index in [4.69, 9.17) is 4.74 Å². The van der Waals surface area contributed by atoms with Gasteiger partial charge in [-0.05, 0) is 29.3 Å². The summed E-state index contributed by atoms with van der Waals surface area (Å²) in [5.41, 5.74) is 0.163. The maximum Gasteiger partial charge on any atom is 0.416 e. The number of hydrogen-bond donors (Lipinski definition) is 0. The summed E-state index contributed by atoms with van der Waals surface area (Å²) in [7, 11) is 1.18. The number of alkyl halides is 3. The molecule has 23 heavy (non-hydrogen) atoms. The van der Waals surface area contributed by atoms with Crippen LogP contribution >= 0.6 is 0 Å². The monoisotopic (exact) mass is 324 g/mol. The van der Waals surface area contributed by atoms with Crippen LogP contribution in [0.5, 0.6) is 5.75 Å². The van der Waals surface area contributed by atoms with Gasteiger partial charge >= 0.3 is 12.1 Å². The van der Waals surface area contributed by atoms with E-state index in [9.17, 15) is 18.0 Å². The van der Waals surface area contributed by atoms with Crippen molar-refractivity contribution in [3.63, 3.8) is 0 Å². The summed E-state index contributed by atoms with van der Waals surface area (Å²) in [5.74, 6) is -0.555. The predicted octanol–water partition coefficient (Wildman–Crippen LogP) is 4.00. The fraction of sp³-hybridized carbons (Fsp3) is 0.235. The van der Waals surface area contributed by atoms with Gasteiger partial charge in [-0.15, -0.1) is 0 Å². The van der Waals surface area contributed by atoms with Gasteiger partial charge in [-0.1, -0.05) is 30.3 Å². The number of benzene rings is 2. The van der Waals surface area contributed by atoms with E-state index in [0.29, 0.717) is 0 Å². The number of hydrogen-bond acceptors (Lipinski definition) is 3. The van der Waals surface area contributed by atoms with Crippen molar-refractivity contribution in [3.8, 4) is 5.75 Å². The number of methoxy groups -OCH3 is 1. The molecule has 0 radical (unpaired) electrons. The van der Waals surface area contributed by atoms with Crippen LogP contribution in [0.15, 0.2) is 48.5 Å². The maximum absolute atomic E-state index is 13.0. The van der Waals surface area contributed by atoms with Crippen molar-refractivity contribution in [2.75, 3.05) is 7.11 Å². The van der Waals surface area contributed by atoms with E-state index in [-0.39, 0.29) is 24.3 Å². The van der Waals surface area contributed by atoms with E-state index in [2.05, 4.69) is 4.74 Å². The molecule has 0 heterocycles. The van der Waals surface area contributed by atoms with Crippen LogP contribution in [-0.4, -0.2) is 13.1 Å². The average molecular weight is 324 g/mol. The van der Waals surface area contributed by atoms with Crippen molar-refractivity contribution >= 4 is 5.97 Å². The third kappa shape index (κ3) is 5.02. The summed E-state index contributed by atoms with van der Waals surface area (Å²) in [6, 6.07) is 12.3. The van der Waals surface area contributed by atoms with Crippen LogP contribution in [0.1, 0.15) is 16.7 Å². The number of rotatable bonds is 5. The molecular formula is C17H15F3O3. The minimum atomic E-state index is -4.52. The molecule has 2 rings (SSSR count). The molecule has 0 N–H and O–H groups in total. The van der Waals surface area contributed by atoms with Crippen LogP contribution in [-0.2, 0) is 28.7 Å². The highest BCUT2D eigenvalue weighted by molar-refractivity contribution is 5.72. The fourth-order valence-electron chi connectivity index (χ4n) is 1.99. The summed E-state index contributed by atoms with van der Waals surface area (Å²) in [6.07, 6.45) is -4.76. The fourth-order valence-corrected chi connectivity index (χ4v) is 1.99. The zero-order chi connectivity index (χ0) is 16.9. The topological polar surface area (TPSA) is 35.5 Å². The summed E-state index contributed by atoms with van der Waals surface area (Å²) in [4.78, 5) is 11.3. The molecule has 2 aromatic rings. The quantitative estimate of drug-likeness (QED) is 0.780. The molecule has 0 saturated carbocycles. The molecule has 0 aliphatic rings. The smallest absolute Gasteiger partial charge is 0.416 e. The second kappa shape index (κ2) is 7.17. The van der Waals surface area contributed by atoms with E-state index < -0.39 is 17.7 Å². The van der Waals surface area contributed by atoms with Crippen molar-refractivity contribution in [2.24, 2.45) is 0 Å². The SMILES string of the molecule is COC(=O)Cc1cc(OCc2ccccc2)cc(C(F)(F)F)c1. The first-order chi connectivity index (χ1) is 10.9.